The zero-order valence-corrected chi connectivity index (χ0v) is 13.0. The lowest BCUT2D eigenvalue weighted by molar-refractivity contribution is 0.219. The summed E-state index contributed by atoms with van der Waals surface area (Å²) in [4.78, 5) is 14.0. The van der Waals surface area contributed by atoms with Gasteiger partial charge in [-0.3, -0.25) is 4.90 Å². The first-order valence-electron chi connectivity index (χ1n) is 7.83. The average molecular weight is 294 g/mol. The summed E-state index contributed by atoms with van der Waals surface area (Å²) in [6.07, 6.45) is 3.53. The summed E-state index contributed by atoms with van der Waals surface area (Å²) in [7, 11) is 1.81. The zero-order valence-electron chi connectivity index (χ0n) is 13.0. The summed E-state index contributed by atoms with van der Waals surface area (Å²) < 4.78 is 0. The van der Waals surface area contributed by atoms with Gasteiger partial charge in [0.15, 0.2) is 0 Å². The highest BCUT2D eigenvalue weighted by molar-refractivity contribution is 5.91. The summed E-state index contributed by atoms with van der Waals surface area (Å²) in [5.74, 6) is 0. The van der Waals surface area contributed by atoms with Crippen molar-refractivity contribution in [2.24, 2.45) is 0 Å². The fourth-order valence-electron chi connectivity index (χ4n) is 3.10. The summed E-state index contributed by atoms with van der Waals surface area (Å²) in [6.45, 7) is 0.701. The summed E-state index contributed by atoms with van der Waals surface area (Å²) in [6, 6.07) is 20.2. The second kappa shape index (κ2) is 6.22. The first kappa shape index (κ1) is 14.6. The molecule has 0 aliphatic heterocycles. The Bertz CT molecular complexity index is 620. The van der Waals surface area contributed by atoms with E-state index in [1.54, 1.807) is 11.9 Å². The van der Waals surface area contributed by atoms with Crippen LogP contribution in [0, 0.1) is 0 Å². The minimum Gasteiger partial charge on any atom is -0.337 e. The molecule has 1 aliphatic carbocycles. The molecule has 0 unspecified atom stereocenters. The molecule has 0 saturated heterocycles. The smallest absolute Gasteiger partial charge is 0.321 e. The highest BCUT2D eigenvalue weighted by Crippen LogP contribution is 2.43. The number of nitrogens with zero attached hydrogens (tertiary/aromatic N) is 1. The van der Waals surface area contributed by atoms with E-state index < -0.39 is 0 Å². The molecule has 0 radical (unpaired) electrons. The Labute approximate surface area is 132 Å². The second-order valence-corrected chi connectivity index (χ2v) is 6.05. The molecule has 2 amide bonds. The van der Waals surface area contributed by atoms with Crippen molar-refractivity contribution < 1.29 is 4.79 Å². The predicted molar refractivity (Wildman–Crippen MR) is 90.2 cm³/mol. The topological polar surface area (TPSA) is 32.3 Å². The van der Waals surface area contributed by atoms with E-state index in [-0.39, 0.29) is 11.4 Å². The molecule has 1 fully saturated rings. The molecule has 1 saturated carbocycles. The van der Waals surface area contributed by atoms with Crippen LogP contribution in [0.5, 0.6) is 0 Å². The Hall–Kier alpha value is -2.29. The summed E-state index contributed by atoms with van der Waals surface area (Å²) in [5.41, 5.74) is 2.36. The van der Waals surface area contributed by atoms with Crippen molar-refractivity contribution in [3.8, 4) is 0 Å². The van der Waals surface area contributed by atoms with Crippen LogP contribution in [-0.4, -0.2) is 19.6 Å². The molecular formula is C19H22N2O. The molecular weight excluding hydrogens is 272 g/mol. The molecule has 1 aliphatic rings. The number of carbonyl (C=O) groups is 1. The van der Waals surface area contributed by atoms with Crippen molar-refractivity contribution >= 4 is 11.7 Å². The summed E-state index contributed by atoms with van der Waals surface area (Å²) in [5, 5.41) is 3.11. The van der Waals surface area contributed by atoms with Gasteiger partial charge in [-0.05, 0) is 30.5 Å². The van der Waals surface area contributed by atoms with E-state index >= 15 is 0 Å². The molecule has 3 nitrogen and oxygen atoms in total. The van der Waals surface area contributed by atoms with Gasteiger partial charge in [0, 0.05) is 24.7 Å². The number of rotatable bonds is 4. The predicted octanol–water partition coefficient (Wildman–Crippen LogP) is 3.95. The highest BCUT2D eigenvalue weighted by Gasteiger charge is 2.38. The van der Waals surface area contributed by atoms with E-state index in [9.17, 15) is 4.79 Å². The van der Waals surface area contributed by atoms with Crippen LogP contribution in [-0.2, 0) is 5.41 Å². The van der Waals surface area contributed by atoms with Crippen molar-refractivity contribution in [1.82, 2.24) is 5.32 Å². The van der Waals surface area contributed by atoms with Gasteiger partial charge in [-0.15, -0.1) is 0 Å². The number of amides is 2. The number of hydrogen-bond donors (Lipinski definition) is 1. The van der Waals surface area contributed by atoms with Crippen molar-refractivity contribution in [1.29, 1.82) is 0 Å². The Kier molecular flexibility index (Phi) is 4.14. The third-order valence-electron chi connectivity index (χ3n) is 4.72. The van der Waals surface area contributed by atoms with E-state index in [1.807, 2.05) is 36.4 Å². The van der Waals surface area contributed by atoms with Crippen molar-refractivity contribution in [3.63, 3.8) is 0 Å². The molecule has 2 aromatic rings. The maximum absolute atomic E-state index is 12.4. The van der Waals surface area contributed by atoms with Crippen LogP contribution in [0.1, 0.15) is 24.8 Å². The lowest BCUT2D eigenvalue weighted by atomic mass is 9.64. The van der Waals surface area contributed by atoms with Crippen LogP contribution in [0.25, 0.3) is 0 Å². The van der Waals surface area contributed by atoms with Crippen LogP contribution in [0.15, 0.2) is 60.7 Å². The number of para-hydroxylation sites is 1. The Balaban J connectivity index is 1.65. The first-order valence-corrected chi connectivity index (χ1v) is 7.83. The van der Waals surface area contributed by atoms with Crippen LogP contribution >= 0.6 is 0 Å². The van der Waals surface area contributed by atoms with Gasteiger partial charge in [0.25, 0.3) is 0 Å². The highest BCUT2D eigenvalue weighted by atomic mass is 16.2. The van der Waals surface area contributed by atoms with Gasteiger partial charge in [-0.1, -0.05) is 55.0 Å². The minimum atomic E-state index is -0.0478. The lowest BCUT2D eigenvalue weighted by Gasteiger charge is -2.42. The Morgan fingerprint density at radius 1 is 1.05 bits per heavy atom. The minimum absolute atomic E-state index is 0.0478. The largest absolute Gasteiger partial charge is 0.337 e. The molecule has 2 aromatic carbocycles. The number of hydrogen-bond acceptors (Lipinski definition) is 1. The molecule has 22 heavy (non-hydrogen) atoms. The molecule has 0 bridgehead atoms. The van der Waals surface area contributed by atoms with Crippen LogP contribution < -0.4 is 10.2 Å². The number of benzene rings is 2. The molecule has 0 atom stereocenters. The van der Waals surface area contributed by atoms with Gasteiger partial charge < -0.3 is 5.32 Å². The van der Waals surface area contributed by atoms with Crippen molar-refractivity contribution in [2.75, 3.05) is 18.5 Å². The van der Waals surface area contributed by atoms with Crippen molar-refractivity contribution in [3.05, 3.63) is 66.2 Å². The van der Waals surface area contributed by atoms with Gasteiger partial charge >= 0.3 is 6.03 Å². The maximum atomic E-state index is 12.4. The van der Waals surface area contributed by atoms with Crippen LogP contribution in [0.2, 0.25) is 0 Å². The maximum Gasteiger partial charge on any atom is 0.321 e. The zero-order chi connectivity index (χ0) is 15.4. The van der Waals surface area contributed by atoms with E-state index in [0.717, 1.165) is 18.5 Å². The van der Waals surface area contributed by atoms with Gasteiger partial charge in [-0.2, -0.15) is 0 Å². The first-order chi connectivity index (χ1) is 10.7. The average Bonchev–Trinajstić information content (AvgIpc) is 2.55. The van der Waals surface area contributed by atoms with E-state index in [2.05, 4.69) is 29.6 Å². The van der Waals surface area contributed by atoms with Gasteiger partial charge in [0.05, 0.1) is 0 Å². The van der Waals surface area contributed by atoms with E-state index in [0.29, 0.717) is 6.54 Å². The van der Waals surface area contributed by atoms with Crippen molar-refractivity contribution in [2.45, 2.75) is 24.7 Å². The quantitative estimate of drug-likeness (QED) is 0.909. The number of anilines is 1. The van der Waals surface area contributed by atoms with E-state index in [1.165, 1.54) is 12.0 Å². The van der Waals surface area contributed by atoms with Gasteiger partial charge in [0.2, 0.25) is 0 Å². The second-order valence-electron chi connectivity index (χ2n) is 6.05. The number of nitrogens with one attached hydrogen (secondary N) is 1. The fourth-order valence-corrected chi connectivity index (χ4v) is 3.10. The Morgan fingerprint density at radius 3 is 2.18 bits per heavy atom. The number of carbonyl (C=O) groups excluding carboxylic acids is 1. The van der Waals surface area contributed by atoms with E-state index in [4.69, 9.17) is 0 Å². The molecule has 1 N–H and O–H groups in total. The molecule has 3 rings (SSSR count). The van der Waals surface area contributed by atoms with Gasteiger partial charge in [0.1, 0.15) is 0 Å². The lowest BCUT2D eigenvalue weighted by Crippen LogP contribution is -2.48. The Morgan fingerprint density at radius 2 is 1.64 bits per heavy atom. The van der Waals surface area contributed by atoms with Gasteiger partial charge in [-0.25, -0.2) is 4.79 Å². The fraction of sp³-hybridized carbons (Fsp3) is 0.316. The SMILES string of the molecule is CN(C(=O)NCC1(c2ccccc2)CCC1)c1ccccc1. The molecule has 3 heteroatoms. The summed E-state index contributed by atoms with van der Waals surface area (Å²) >= 11 is 0. The molecule has 0 aromatic heterocycles. The molecule has 0 heterocycles. The third kappa shape index (κ3) is 2.84. The standard InChI is InChI=1S/C19H22N2O/c1-21(17-11-6-3-7-12-17)18(22)20-15-19(13-8-14-19)16-9-4-2-5-10-16/h2-7,9-12H,8,13-15H2,1H3,(H,20,22). The normalized spacial score (nSPS) is 15.7. The third-order valence-corrected chi connectivity index (χ3v) is 4.72. The molecule has 0 spiro atoms. The molecule has 114 valence electrons. The number of urea groups is 1. The monoisotopic (exact) mass is 294 g/mol. The van der Waals surface area contributed by atoms with Crippen LogP contribution in [0.3, 0.4) is 0 Å². The van der Waals surface area contributed by atoms with Crippen LogP contribution in [0.4, 0.5) is 10.5 Å².